The van der Waals surface area contributed by atoms with Gasteiger partial charge in [-0.3, -0.25) is 9.80 Å². The van der Waals surface area contributed by atoms with Crippen molar-refractivity contribution >= 4 is 0 Å². The summed E-state index contributed by atoms with van der Waals surface area (Å²) >= 11 is 0. The molecule has 5 fully saturated rings. The van der Waals surface area contributed by atoms with E-state index in [-0.39, 0.29) is 0 Å². The first kappa shape index (κ1) is 14.5. The Morgan fingerprint density at radius 3 is 2.29 bits per heavy atom. The van der Waals surface area contributed by atoms with Gasteiger partial charge >= 0.3 is 0 Å². The molecule has 3 nitrogen and oxygen atoms in total. The number of rotatable bonds is 3. The molecule has 5 rings (SSSR count). The monoisotopic (exact) mass is 292 g/mol. The number of fused-ring (bicyclic) bond motifs is 3. The molecule has 0 radical (unpaired) electrons. The van der Waals surface area contributed by atoms with Crippen molar-refractivity contribution in [1.29, 1.82) is 0 Å². The van der Waals surface area contributed by atoms with Crippen LogP contribution in [0.1, 0.15) is 53.9 Å². The van der Waals surface area contributed by atoms with Gasteiger partial charge in [-0.25, -0.2) is 0 Å². The number of hydrogen-bond donors (Lipinski definition) is 0. The van der Waals surface area contributed by atoms with Gasteiger partial charge in [-0.2, -0.15) is 0 Å². The Kier molecular flexibility index (Phi) is 3.07. The topological polar surface area (TPSA) is 15.7 Å². The second kappa shape index (κ2) is 4.46. The van der Waals surface area contributed by atoms with E-state index in [2.05, 4.69) is 44.4 Å². The Morgan fingerprint density at radius 1 is 1.00 bits per heavy atom. The third kappa shape index (κ3) is 2.19. The van der Waals surface area contributed by atoms with E-state index in [0.29, 0.717) is 23.2 Å². The molecule has 0 aromatic heterocycles. The lowest BCUT2D eigenvalue weighted by Crippen LogP contribution is -2.55. The molecule has 0 aromatic carbocycles. The van der Waals surface area contributed by atoms with Crippen LogP contribution in [0.15, 0.2) is 0 Å². The highest BCUT2D eigenvalue weighted by atomic mass is 16.5. The van der Waals surface area contributed by atoms with Crippen molar-refractivity contribution in [1.82, 2.24) is 9.80 Å². The molecule has 21 heavy (non-hydrogen) atoms. The Labute approximate surface area is 130 Å². The molecule has 0 aromatic rings. The van der Waals surface area contributed by atoms with E-state index in [1.807, 2.05) is 0 Å². The van der Waals surface area contributed by atoms with Crippen molar-refractivity contribution in [3.05, 3.63) is 0 Å². The van der Waals surface area contributed by atoms with Crippen LogP contribution in [0.4, 0.5) is 0 Å². The molecule has 4 saturated heterocycles. The quantitative estimate of drug-likeness (QED) is 0.795. The van der Waals surface area contributed by atoms with Crippen LogP contribution in [-0.4, -0.2) is 58.8 Å². The molecule has 5 atom stereocenters. The van der Waals surface area contributed by atoms with E-state index >= 15 is 0 Å². The van der Waals surface area contributed by atoms with Gasteiger partial charge in [0.1, 0.15) is 0 Å². The molecule has 5 aliphatic rings. The Bertz CT molecular complexity index is 427. The summed E-state index contributed by atoms with van der Waals surface area (Å²) in [5, 5.41) is 0. The predicted molar refractivity (Wildman–Crippen MR) is 85.4 cm³/mol. The summed E-state index contributed by atoms with van der Waals surface area (Å²) in [6.07, 6.45) is 4.62. The number of nitrogens with zero attached hydrogens (tertiary/aromatic N) is 2. The second-order valence-corrected chi connectivity index (χ2v) is 9.56. The third-order valence-corrected chi connectivity index (χ3v) is 6.75. The second-order valence-electron chi connectivity index (χ2n) is 9.56. The number of likely N-dealkylation sites (tertiary alicyclic amines) is 1. The van der Waals surface area contributed by atoms with Crippen LogP contribution in [0.3, 0.4) is 0 Å². The predicted octanol–water partition coefficient (Wildman–Crippen LogP) is 2.75. The lowest BCUT2D eigenvalue weighted by molar-refractivity contribution is -0.0342. The highest BCUT2D eigenvalue weighted by Crippen LogP contribution is 2.53. The Balaban J connectivity index is 1.43. The van der Waals surface area contributed by atoms with Crippen LogP contribution in [-0.2, 0) is 4.74 Å². The molecule has 1 aliphatic carbocycles. The summed E-state index contributed by atoms with van der Waals surface area (Å²) in [6, 6.07) is 1.55. The van der Waals surface area contributed by atoms with Gasteiger partial charge in [0.15, 0.2) is 0 Å². The first-order chi connectivity index (χ1) is 9.75. The van der Waals surface area contributed by atoms with Gasteiger partial charge in [0.2, 0.25) is 0 Å². The van der Waals surface area contributed by atoms with E-state index in [4.69, 9.17) is 4.74 Å². The molecule has 5 unspecified atom stereocenters. The SMILES string of the molecule is CC(C)(C)N1CC2CC1C2CC(C)(C)N1CC2CC1CO2. The van der Waals surface area contributed by atoms with Gasteiger partial charge in [-0.1, -0.05) is 0 Å². The van der Waals surface area contributed by atoms with Gasteiger partial charge in [-0.15, -0.1) is 0 Å². The molecule has 3 heteroatoms. The minimum absolute atomic E-state index is 0.346. The first-order valence-corrected chi connectivity index (χ1v) is 8.91. The summed E-state index contributed by atoms with van der Waals surface area (Å²) < 4.78 is 5.79. The number of ether oxygens (including phenoxy) is 1. The minimum Gasteiger partial charge on any atom is -0.375 e. The largest absolute Gasteiger partial charge is 0.375 e. The highest BCUT2D eigenvalue weighted by Gasteiger charge is 2.56. The molecule has 1 saturated carbocycles. The fourth-order valence-electron chi connectivity index (χ4n) is 5.64. The van der Waals surface area contributed by atoms with Crippen molar-refractivity contribution in [3.63, 3.8) is 0 Å². The molecular formula is C18H32N2O. The smallest absolute Gasteiger partial charge is 0.0718 e. The highest BCUT2D eigenvalue weighted by molar-refractivity contribution is 5.10. The fraction of sp³-hybridized carbons (Fsp3) is 1.00. The van der Waals surface area contributed by atoms with Gasteiger partial charge in [0.05, 0.1) is 12.7 Å². The van der Waals surface area contributed by atoms with Crippen molar-refractivity contribution < 1.29 is 4.74 Å². The normalized spacial score (nSPS) is 43.6. The van der Waals surface area contributed by atoms with Crippen LogP contribution in [0.2, 0.25) is 0 Å². The van der Waals surface area contributed by atoms with Gasteiger partial charge < -0.3 is 4.74 Å². The lowest BCUT2D eigenvalue weighted by atomic mass is 9.68. The molecule has 120 valence electrons. The summed E-state index contributed by atoms with van der Waals surface area (Å²) in [7, 11) is 0. The van der Waals surface area contributed by atoms with Crippen molar-refractivity contribution in [2.24, 2.45) is 11.8 Å². The maximum absolute atomic E-state index is 5.79. The molecule has 0 N–H and O–H groups in total. The molecule has 0 amide bonds. The van der Waals surface area contributed by atoms with E-state index < -0.39 is 0 Å². The van der Waals surface area contributed by atoms with E-state index in [1.165, 1.54) is 32.4 Å². The molecule has 4 heterocycles. The minimum atomic E-state index is 0.346. The van der Waals surface area contributed by atoms with E-state index in [1.54, 1.807) is 0 Å². The summed E-state index contributed by atoms with van der Waals surface area (Å²) in [5.74, 6) is 1.89. The zero-order valence-corrected chi connectivity index (χ0v) is 14.4. The average Bonchev–Trinajstić information content (AvgIpc) is 3.11. The first-order valence-electron chi connectivity index (χ1n) is 8.91. The summed E-state index contributed by atoms with van der Waals surface area (Å²) in [4.78, 5) is 5.54. The maximum atomic E-state index is 5.79. The standard InChI is InChI=1S/C18H32N2O/c1-17(2,3)20-9-12-6-16(20)15(12)8-18(4,5)19-10-14-7-13(19)11-21-14/h12-16H,6-11H2,1-5H3. The van der Waals surface area contributed by atoms with Crippen molar-refractivity contribution in [3.8, 4) is 0 Å². The third-order valence-electron chi connectivity index (χ3n) is 6.75. The van der Waals surface area contributed by atoms with Crippen molar-refractivity contribution in [2.45, 2.75) is 83.1 Å². The number of morpholine rings is 1. The molecule has 0 spiro atoms. The Morgan fingerprint density at radius 2 is 1.76 bits per heavy atom. The van der Waals surface area contributed by atoms with Crippen LogP contribution in [0, 0.1) is 11.8 Å². The van der Waals surface area contributed by atoms with E-state index in [0.717, 1.165) is 24.5 Å². The van der Waals surface area contributed by atoms with Crippen LogP contribution in [0.5, 0.6) is 0 Å². The zero-order valence-electron chi connectivity index (χ0n) is 14.4. The van der Waals surface area contributed by atoms with Crippen LogP contribution < -0.4 is 0 Å². The summed E-state index contributed by atoms with van der Waals surface area (Å²) in [5.41, 5.74) is 0.692. The molecule has 4 aliphatic heterocycles. The molecular weight excluding hydrogens is 260 g/mol. The maximum Gasteiger partial charge on any atom is 0.0718 e. The van der Waals surface area contributed by atoms with Gasteiger partial charge in [0, 0.05) is 36.3 Å². The van der Waals surface area contributed by atoms with Crippen LogP contribution >= 0.6 is 0 Å². The van der Waals surface area contributed by atoms with Crippen molar-refractivity contribution in [2.75, 3.05) is 19.7 Å². The fourth-order valence-corrected chi connectivity index (χ4v) is 5.64. The van der Waals surface area contributed by atoms with E-state index in [9.17, 15) is 0 Å². The van der Waals surface area contributed by atoms with Gasteiger partial charge in [0.25, 0.3) is 0 Å². The van der Waals surface area contributed by atoms with Crippen LogP contribution in [0.25, 0.3) is 0 Å². The molecule has 4 bridgehead atoms. The zero-order chi connectivity index (χ0) is 15.0. The number of hydrogen-bond acceptors (Lipinski definition) is 3. The summed E-state index contributed by atoms with van der Waals surface area (Å²) in [6.45, 7) is 15.6. The van der Waals surface area contributed by atoms with Gasteiger partial charge in [-0.05, 0) is 65.7 Å². The average molecular weight is 292 g/mol. The Hall–Kier alpha value is -0.120. The lowest BCUT2D eigenvalue weighted by Gasteiger charge is -2.48.